The third-order valence-electron chi connectivity index (χ3n) is 2.40. The summed E-state index contributed by atoms with van der Waals surface area (Å²) in [6, 6.07) is 6.07. The average molecular weight is 281 g/mol. The van der Waals surface area contributed by atoms with Gasteiger partial charge in [0.15, 0.2) is 5.82 Å². The number of halogens is 1. The first-order chi connectivity index (χ1) is 7.59. The molecule has 5 heteroatoms. The number of hydrogen-bond donors (Lipinski definition) is 0. The summed E-state index contributed by atoms with van der Waals surface area (Å²) >= 11 is 3.48. The molecule has 0 saturated heterocycles. The number of aryl methyl sites for hydroxylation is 1. The SMILES string of the molecule is Cc1cc(-n2nnnc2C(C)C)ccc1Br. The molecular weight excluding hydrogens is 268 g/mol. The molecule has 2 aromatic rings. The van der Waals surface area contributed by atoms with Crippen LogP contribution in [0.3, 0.4) is 0 Å². The van der Waals surface area contributed by atoms with Gasteiger partial charge >= 0.3 is 0 Å². The van der Waals surface area contributed by atoms with Gasteiger partial charge in [0, 0.05) is 10.4 Å². The fourth-order valence-corrected chi connectivity index (χ4v) is 1.75. The Morgan fingerprint density at radius 1 is 1.31 bits per heavy atom. The second-order valence-corrected chi connectivity index (χ2v) is 4.89. The van der Waals surface area contributed by atoms with E-state index in [0.717, 1.165) is 16.0 Å². The van der Waals surface area contributed by atoms with Gasteiger partial charge in [-0.25, -0.2) is 0 Å². The molecule has 1 aromatic carbocycles. The highest BCUT2D eigenvalue weighted by molar-refractivity contribution is 9.10. The molecule has 1 heterocycles. The van der Waals surface area contributed by atoms with Crippen molar-refractivity contribution in [3.05, 3.63) is 34.1 Å². The zero-order chi connectivity index (χ0) is 11.7. The Morgan fingerprint density at radius 3 is 2.69 bits per heavy atom. The molecule has 0 aliphatic rings. The standard InChI is InChI=1S/C11H13BrN4/c1-7(2)11-13-14-15-16(11)9-4-5-10(12)8(3)6-9/h4-7H,1-3H3. The minimum absolute atomic E-state index is 0.305. The molecule has 0 aliphatic carbocycles. The highest BCUT2D eigenvalue weighted by atomic mass is 79.9. The quantitative estimate of drug-likeness (QED) is 0.850. The van der Waals surface area contributed by atoms with Crippen molar-refractivity contribution >= 4 is 15.9 Å². The van der Waals surface area contributed by atoms with E-state index in [2.05, 4.69) is 51.4 Å². The van der Waals surface area contributed by atoms with Gasteiger partial charge < -0.3 is 0 Å². The summed E-state index contributed by atoms with van der Waals surface area (Å²) in [7, 11) is 0. The number of aromatic nitrogens is 4. The van der Waals surface area contributed by atoms with Crippen LogP contribution in [-0.2, 0) is 0 Å². The van der Waals surface area contributed by atoms with E-state index in [-0.39, 0.29) is 0 Å². The molecule has 4 nitrogen and oxygen atoms in total. The van der Waals surface area contributed by atoms with Crippen molar-refractivity contribution in [2.45, 2.75) is 26.7 Å². The summed E-state index contributed by atoms with van der Waals surface area (Å²) < 4.78 is 2.87. The number of tetrazole rings is 1. The molecule has 0 atom stereocenters. The Balaban J connectivity index is 2.50. The number of hydrogen-bond acceptors (Lipinski definition) is 3. The van der Waals surface area contributed by atoms with E-state index in [4.69, 9.17) is 0 Å². The van der Waals surface area contributed by atoms with Gasteiger partial charge in [-0.2, -0.15) is 4.68 Å². The molecule has 0 radical (unpaired) electrons. The lowest BCUT2D eigenvalue weighted by molar-refractivity contribution is 0.709. The first-order valence-corrected chi connectivity index (χ1v) is 5.93. The van der Waals surface area contributed by atoms with Crippen LogP contribution in [0.2, 0.25) is 0 Å². The maximum absolute atomic E-state index is 4.03. The summed E-state index contributed by atoms with van der Waals surface area (Å²) in [5.74, 6) is 1.18. The van der Waals surface area contributed by atoms with Crippen LogP contribution in [0.25, 0.3) is 5.69 Å². The van der Waals surface area contributed by atoms with E-state index in [1.165, 1.54) is 5.56 Å². The normalized spacial score (nSPS) is 11.1. The molecule has 0 spiro atoms. The average Bonchev–Trinajstić information content (AvgIpc) is 2.71. The Bertz CT molecular complexity index is 504. The van der Waals surface area contributed by atoms with Gasteiger partial charge in [0.05, 0.1) is 5.69 Å². The minimum atomic E-state index is 0.305. The predicted molar refractivity (Wildman–Crippen MR) is 65.7 cm³/mol. The Kier molecular flexibility index (Phi) is 3.05. The molecule has 0 N–H and O–H groups in total. The first-order valence-electron chi connectivity index (χ1n) is 5.14. The van der Waals surface area contributed by atoms with Crippen LogP contribution in [-0.4, -0.2) is 20.2 Å². The van der Waals surface area contributed by atoms with Gasteiger partial charge in [0.25, 0.3) is 0 Å². The van der Waals surface area contributed by atoms with E-state index in [1.54, 1.807) is 4.68 Å². The Morgan fingerprint density at radius 2 is 2.06 bits per heavy atom. The molecule has 1 aromatic heterocycles. The molecule has 0 aliphatic heterocycles. The third-order valence-corrected chi connectivity index (χ3v) is 3.29. The lowest BCUT2D eigenvalue weighted by atomic mass is 10.2. The monoisotopic (exact) mass is 280 g/mol. The third kappa shape index (κ3) is 2.00. The van der Waals surface area contributed by atoms with Crippen molar-refractivity contribution in [2.24, 2.45) is 0 Å². The van der Waals surface area contributed by atoms with Crippen LogP contribution in [0, 0.1) is 6.92 Å². The topological polar surface area (TPSA) is 43.6 Å². The summed E-state index contributed by atoms with van der Waals surface area (Å²) in [5.41, 5.74) is 2.16. The van der Waals surface area contributed by atoms with Crippen molar-refractivity contribution in [1.82, 2.24) is 20.2 Å². The predicted octanol–water partition coefficient (Wildman–Crippen LogP) is 2.86. The van der Waals surface area contributed by atoms with Gasteiger partial charge in [-0.3, -0.25) is 0 Å². The molecule has 0 fully saturated rings. The van der Waals surface area contributed by atoms with E-state index in [1.807, 2.05) is 19.1 Å². The van der Waals surface area contributed by atoms with Gasteiger partial charge in [0.1, 0.15) is 0 Å². The van der Waals surface area contributed by atoms with Crippen LogP contribution in [0.1, 0.15) is 31.2 Å². The molecule has 0 saturated carbocycles. The maximum Gasteiger partial charge on any atom is 0.159 e. The summed E-state index contributed by atoms with van der Waals surface area (Å²) in [6.07, 6.45) is 0. The highest BCUT2D eigenvalue weighted by Gasteiger charge is 2.11. The second kappa shape index (κ2) is 4.33. The van der Waals surface area contributed by atoms with Crippen molar-refractivity contribution in [3.8, 4) is 5.69 Å². The van der Waals surface area contributed by atoms with Crippen molar-refractivity contribution in [2.75, 3.05) is 0 Å². The Hall–Kier alpha value is -1.23. The van der Waals surface area contributed by atoms with E-state index in [0.29, 0.717) is 5.92 Å². The fourth-order valence-electron chi connectivity index (χ4n) is 1.50. The lowest BCUT2D eigenvalue weighted by Gasteiger charge is -2.08. The molecule has 0 amide bonds. The molecule has 0 unspecified atom stereocenters. The van der Waals surface area contributed by atoms with Gasteiger partial charge in [-0.05, 0) is 41.1 Å². The molecule has 16 heavy (non-hydrogen) atoms. The molecule has 84 valence electrons. The second-order valence-electron chi connectivity index (χ2n) is 4.04. The first kappa shape index (κ1) is 11.3. The van der Waals surface area contributed by atoms with Crippen LogP contribution in [0.4, 0.5) is 0 Å². The zero-order valence-corrected chi connectivity index (χ0v) is 11.1. The van der Waals surface area contributed by atoms with E-state index in [9.17, 15) is 0 Å². The van der Waals surface area contributed by atoms with Crippen LogP contribution < -0.4 is 0 Å². The van der Waals surface area contributed by atoms with Crippen molar-refractivity contribution in [3.63, 3.8) is 0 Å². The van der Waals surface area contributed by atoms with Gasteiger partial charge in [-0.15, -0.1) is 5.10 Å². The summed E-state index contributed by atoms with van der Waals surface area (Å²) in [5, 5.41) is 11.8. The van der Waals surface area contributed by atoms with Crippen LogP contribution in [0.5, 0.6) is 0 Å². The van der Waals surface area contributed by atoms with Crippen molar-refractivity contribution < 1.29 is 0 Å². The smallest absolute Gasteiger partial charge is 0.159 e. The van der Waals surface area contributed by atoms with E-state index < -0.39 is 0 Å². The lowest BCUT2D eigenvalue weighted by Crippen LogP contribution is -2.05. The fraction of sp³-hybridized carbons (Fsp3) is 0.364. The summed E-state index contributed by atoms with van der Waals surface area (Å²) in [4.78, 5) is 0. The van der Waals surface area contributed by atoms with Crippen LogP contribution >= 0.6 is 15.9 Å². The number of nitrogens with zero attached hydrogens (tertiary/aromatic N) is 4. The Labute approximate surface area is 103 Å². The minimum Gasteiger partial charge on any atom is -0.197 e. The van der Waals surface area contributed by atoms with Crippen molar-refractivity contribution in [1.29, 1.82) is 0 Å². The number of benzene rings is 1. The van der Waals surface area contributed by atoms with E-state index >= 15 is 0 Å². The van der Waals surface area contributed by atoms with Gasteiger partial charge in [0.2, 0.25) is 0 Å². The number of rotatable bonds is 2. The van der Waals surface area contributed by atoms with Gasteiger partial charge in [-0.1, -0.05) is 29.8 Å². The summed E-state index contributed by atoms with van der Waals surface area (Å²) in [6.45, 7) is 6.20. The maximum atomic E-state index is 4.03. The molecular formula is C11H13BrN4. The molecule has 2 rings (SSSR count). The largest absolute Gasteiger partial charge is 0.197 e. The molecule has 0 bridgehead atoms. The highest BCUT2D eigenvalue weighted by Crippen LogP contribution is 2.21. The van der Waals surface area contributed by atoms with Crippen LogP contribution in [0.15, 0.2) is 22.7 Å². The zero-order valence-electron chi connectivity index (χ0n) is 9.48.